The molecule has 0 aliphatic heterocycles. The normalized spacial score (nSPS) is 8.71. The molecule has 0 atom stereocenters. The number of hydrogen-bond acceptors (Lipinski definition) is 1. The molecule has 38 valence electrons. The fraction of sp³-hybridized carbons (Fsp3) is 0.750. The fourth-order valence-electron chi connectivity index (χ4n) is 0.241. The van der Waals surface area contributed by atoms with Gasteiger partial charge in [0.25, 0.3) is 0 Å². The molecule has 0 heterocycles. The number of carbonyl (C=O) groups is 1. The van der Waals surface area contributed by atoms with E-state index >= 15 is 0 Å². The second kappa shape index (κ2) is 4.19. The minimum atomic E-state index is -0.277. The van der Waals surface area contributed by atoms with Crippen molar-refractivity contribution >= 4 is 25.1 Å². The number of halogens is 1. The van der Waals surface area contributed by atoms with Gasteiger partial charge in [-0.05, 0) is 12.8 Å². The van der Waals surface area contributed by atoms with Gasteiger partial charge in [0, 0.05) is 5.88 Å². The van der Waals surface area contributed by atoms with Crippen LogP contribution < -0.4 is 0 Å². The molecule has 7 heavy (non-hydrogen) atoms. The van der Waals surface area contributed by atoms with Crippen molar-refractivity contribution in [2.24, 2.45) is 0 Å². The maximum atomic E-state index is 9.92. The van der Waals surface area contributed by atoms with E-state index in [9.17, 15) is 4.79 Å². The summed E-state index contributed by atoms with van der Waals surface area (Å²) >= 11 is 5.24. The van der Waals surface area contributed by atoms with E-state index in [4.69, 9.17) is 19.4 Å². The van der Waals surface area contributed by atoms with Crippen molar-refractivity contribution < 1.29 is 4.79 Å². The monoisotopic (exact) mass is 116 g/mol. The zero-order chi connectivity index (χ0) is 5.70. The summed E-state index contributed by atoms with van der Waals surface area (Å²) < 4.78 is 0. The van der Waals surface area contributed by atoms with E-state index in [-0.39, 0.29) is 5.68 Å². The quantitative estimate of drug-likeness (QED) is 0.392. The molecule has 0 aliphatic carbocycles. The van der Waals surface area contributed by atoms with Gasteiger partial charge in [0.2, 0.25) is 0 Å². The minimum Gasteiger partial charge on any atom is -0.313 e. The summed E-state index contributed by atoms with van der Waals surface area (Å²) in [6, 6.07) is 0. The van der Waals surface area contributed by atoms with Crippen molar-refractivity contribution in [3.63, 3.8) is 0 Å². The maximum Gasteiger partial charge on any atom is 0.167 e. The molecule has 0 aromatic rings. The summed E-state index contributed by atoms with van der Waals surface area (Å²) in [4.78, 5) is 9.92. The molecule has 2 radical (unpaired) electrons. The molecular formula is C4H6BClO. The molecule has 0 rings (SSSR count). The molecule has 0 N–H and O–H groups in total. The lowest BCUT2D eigenvalue weighted by Crippen LogP contribution is -1.94. The third-order valence-corrected chi connectivity index (χ3v) is 0.824. The van der Waals surface area contributed by atoms with Crippen molar-refractivity contribution in [3.05, 3.63) is 0 Å². The van der Waals surface area contributed by atoms with Crippen molar-refractivity contribution in [1.82, 2.24) is 0 Å². The first kappa shape index (κ1) is 7.02. The summed E-state index contributed by atoms with van der Waals surface area (Å²) in [5.74, 6) is 0.517. The largest absolute Gasteiger partial charge is 0.313 e. The second-order valence-corrected chi connectivity index (χ2v) is 1.64. The van der Waals surface area contributed by atoms with Gasteiger partial charge in [0.1, 0.15) is 0 Å². The zero-order valence-corrected chi connectivity index (χ0v) is 4.74. The topological polar surface area (TPSA) is 17.1 Å². The Kier molecular flexibility index (Phi) is 4.21. The predicted octanol–water partition coefficient (Wildman–Crippen LogP) is 0.700. The van der Waals surface area contributed by atoms with Gasteiger partial charge >= 0.3 is 0 Å². The second-order valence-electron chi connectivity index (χ2n) is 1.26. The van der Waals surface area contributed by atoms with E-state index in [0.29, 0.717) is 18.7 Å². The Morgan fingerprint density at radius 2 is 2.29 bits per heavy atom. The van der Waals surface area contributed by atoms with Crippen LogP contribution >= 0.6 is 11.6 Å². The first-order valence-corrected chi connectivity index (χ1v) is 2.65. The lowest BCUT2D eigenvalue weighted by Gasteiger charge is -1.85. The number of alkyl halides is 1. The Labute approximate surface area is 49.5 Å². The Morgan fingerprint density at radius 1 is 1.71 bits per heavy atom. The molecule has 0 saturated carbocycles. The van der Waals surface area contributed by atoms with Crippen LogP contribution in [0.4, 0.5) is 0 Å². The highest BCUT2D eigenvalue weighted by Crippen LogP contribution is 1.89. The molecule has 0 amide bonds. The molecule has 0 saturated heterocycles. The Bertz CT molecular complexity index is 64.7. The van der Waals surface area contributed by atoms with Crippen LogP contribution in [0.15, 0.2) is 0 Å². The third kappa shape index (κ3) is 6.02. The van der Waals surface area contributed by atoms with Gasteiger partial charge in [-0.25, -0.2) is 0 Å². The van der Waals surface area contributed by atoms with Crippen LogP contribution in [-0.2, 0) is 4.79 Å². The Morgan fingerprint density at radius 3 is 2.43 bits per heavy atom. The minimum absolute atomic E-state index is 0.277. The Hall–Kier alpha value is 0.0249. The average molecular weight is 116 g/mol. The lowest BCUT2D eigenvalue weighted by molar-refractivity contribution is -0.111. The number of hydrogen-bond donors (Lipinski definition) is 0. The maximum absolute atomic E-state index is 9.92. The van der Waals surface area contributed by atoms with E-state index < -0.39 is 0 Å². The summed E-state index contributed by atoms with van der Waals surface area (Å²) in [5.41, 5.74) is -0.277. The van der Waals surface area contributed by atoms with Crippen molar-refractivity contribution in [2.75, 3.05) is 5.88 Å². The number of rotatable bonds is 3. The van der Waals surface area contributed by atoms with Gasteiger partial charge in [-0.2, -0.15) is 0 Å². The zero-order valence-electron chi connectivity index (χ0n) is 3.98. The molecule has 3 heteroatoms. The van der Waals surface area contributed by atoms with Crippen LogP contribution in [0.25, 0.3) is 0 Å². The van der Waals surface area contributed by atoms with Gasteiger partial charge in [-0.15, -0.1) is 11.6 Å². The van der Waals surface area contributed by atoms with Crippen LogP contribution in [0.5, 0.6) is 0 Å². The first-order chi connectivity index (χ1) is 3.27. The fourth-order valence-corrected chi connectivity index (χ4v) is 0.375. The van der Waals surface area contributed by atoms with Crippen LogP contribution in [0.2, 0.25) is 0 Å². The van der Waals surface area contributed by atoms with E-state index in [1.54, 1.807) is 0 Å². The molecule has 0 bridgehead atoms. The Balaban J connectivity index is 2.82. The van der Waals surface area contributed by atoms with Crippen molar-refractivity contribution in [3.8, 4) is 0 Å². The highest BCUT2D eigenvalue weighted by atomic mass is 35.5. The summed E-state index contributed by atoms with van der Waals surface area (Å²) in [6.45, 7) is 0. The van der Waals surface area contributed by atoms with Gasteiger partial charge in [0.05, 0.1) is 5.68 Å². The van der Waals surface area contributed by atoms with Gasteiger partial charge < -0.3 is 4.79 Å². The van der Waals surface area contributed by atoms with Crippen LogP contribution in [-0.4, -0.2) is 19.4 Å². The standard InChI is InChI=1S/C4H6BClO/c5-4(7)2-1-3-6/h1-3H2. The SMILES string of the molecule is [B]C(=O)CCCCl. The van der Waals surface area contributed by atoms with Crippen molar-refractivity contribution in [1.29, 1.82) is 0 Å². The first-order valence-electron chi connectivity index (χ1n) is 2.11. The van der Waals surface area contributed by atoms with Crippen LogP contribution in [0.3, 0.4) is 0 Å². The molecular weight excluding hydrogens is 110 g/mol. The van der Waals surface area contributed by atoms with Gasteiger partial charge in [-0.3, -0.25) is 0 Å². The lowest BCUT2D eigenvalue weighted by atomic mass is 9.99. The van der Waals surface area contributed by atoms with Crippen molar-refractivity contribution in [2.45, 2.75) is 12.8 Å². The highest BCUT2D eigenvalue weighted by Gasteiger charge is 1.88. The smallest absolute Gasteiger partial charge is 0.167 e. The summed E-state index contributed by atoms with van der Waals surface area (Å²) in [7, 11) is 4.78. The van der Waals surface area contributed by atoms with Gasteiger partial charge in [-0.1, -0.05) is 0 Å². The number of carbonyl (C=O) groups excluding carboxylic acids is 1. The molecule has 0 aliphatic rings. The highest BCUT2D eigenvalue weighted by molar-refractivity contribution is 6.57. The third-order valence-electron chi connectivity index (χ3n) is 0.557. The molecule has 0 aromatic heterocycles. The van der Waals surface area contributed by atoms with E-state index in [2.05, 4.69) is 0 Å². The molecule has 0 fully saturated rings. The summed E-state index contributed by atoms with van der Waals surface area (Å²) in [6.07, 6.45) is 1.10. The molecule has 0 unspecified atom stereocenters. The predicted molar refractivity (Wildman–Crippen MR) is 30.7 cm³/mol. The van der Waals surface area contributed by atoms with Gasteiger partial charge in [0.15, 0.2) is 7.85 Å². The average Bonchev–Trinajstić information content (AvgIpc) is 1.61. The molecule has 0 aromatic carbocycles. The molecule has 0 spiro atoms. The van der Waals surface area contributed by atoms with E-state index in [0.717, 1.165) is 0 Å². The van der Waals surface area contributed by atoms with Crippen LogP contribution in [0, 0.1) is 0 Å². The van der Waals surface area contributed by atoms with Crippen LogP contribution in [0.1, 0.15) is 12.8 Å². The molecule has 1 nitrogen and oxygen atoms in total. The van der Waals surface area contributed by atoms with E-state index in [1.165, 1.54) is 0 Å². The van der Waals surface area contributed by atoms with E-state index in [1.807, 2.05) is 0 Å². The summed E-state index contributed by atoms with van der Waals surface area (Å²) in [5, 5.41) is 0.